The lowest BCUT2D eigenvalue weighted by Crippen LogP contribution is -2.66. The summed E-state index contributed by atoms with van der Waals surface area (Å²) in [5.41, 5.74) is 0.524. The van der Waals surface area contributed by atoms with Crippen LogP contribution in [0.25, 0.3) is 5.65 Å². The third-order valence-corrected chi connectivity index (χ3v) is 8.28. The summed E-state index contributed by atoms with van der Waals surface area (Å²) in [5, 5.41) is 7.15. The lowest BCUT2D eigenvalue weighted by Gasteiger charge is -2.47. The predicted octanol–water partition coefficient (Wildman–Crippen LogP) is 4.15. The minimum Gasteiger partial charge on any atom is -0.489 e. The number of anilines is 1. The number of aromatic nitrogens is 3. The molecule has 12 nitrogen and oxygen atoms in total. The third kappa shape index (κ3) is 6.44. The summed E-state index contributed by atoms with van der Waals surface area (Å²) in [5.74, 6) is -0.0337. The van der Waals surface area contributed by atoms with E-state index in [-0.39, 0.29) is 43.6 Å². The Kier molecular flexibility index (Phi) is 7.92. The largest absolute Gasteiger partial charge is 0.489 e. The molecule has 0 radical (unpaired) electrons. The van der Waals surface area contributed by atoms with Gasteiger partial charge in [0, 0.05) is 50.2 Å². The summed E-state index contributed by atoms with van der Waals surface area (Å²) in [6.45, 7) is 11.2. The van der Waals surface area contributed by atoms with Gasteiger partial charge in [0.15, 0.2) is 11.3 Å². The van der Waals surface area contributed by atoms with Crippen LogP contribution < -0.4 is 10.1 Å². The molecule has 6 rings (SSSR count). The number of carbonyl (C=O) groups is 3. The smallest absolute Gasteiger partial charge is 0.410 e. The van der Waals surface area contributed by atoms with E-state index in [1.54, 1.807) is 45.3 Å². The number of rotatable bonds is 7. The number of nitrogens with zero attached hydrogens (tertiary/aromatic N) is 6. The number of benzene rings is 1. The molecule has 3 aliphatic heterocycles. The van der Waals surface area contributed by atoms with Crippen LogP contribution in [-0.4, -0.2) is 103 Å². The van der Waals surface area contributed by atoms with Crippen molar-refractivity contribution in [2.24, 2.45) is 0 Å². The number of alkyl halides is 1. The zero-order valence-electron chi connectivity index (χ0n) is 26.4. The maximum atomic E-state index is 15.4. The first kappa shape index (κ1) is 30.8. The molecule has 3 aromatic rings. The van der Waals surface area contributed by atoms with E-state index in [2.05, 4.69) is 20.3 Å². The lowest BCUT2D eigenvalue weighted by molar-refractivity contribution is -0.0674. The SMILES string of the molecule is CC(C)Oc1cc2c(cc1NC(=O)c1cnn3cccnc13)CN(C1CCN(CC3(F)CN(C(=O)OC(C)(C)C)C3)CC1)C2=O. The highest BCUT2D eigenvalue weighted by molar-refractivity contribution is 6.09. The van der Waals surface area contributed by atoms with Crippen LogP contribution in [0, 0.1) is 0 Å². The Morgan fingerprint density at radius 1 is 1.18 bits per heavy atom. The van der Waals surface area contributed by atoms with E-state index >= 15 is 4.39 Å². The van der Waals surface area contributed by atoms with E-state index < -0.39 is 17.4 Å². The van der Waals surface area contributed by atoms with Crippen molar-refractivity contribution >= 4 is 29.2 Å². The minimum absolute atomic E-state index is 0.00808. The normalized spacial score (nSPS) is 18.7. The highest BCUT2D eigenvalue weighted by atomic mass is 19.1. The fraction of sp³-hybridized carbons (Fsp3) is 0.531. The lowest BCUT2D eigenvalue weighted by atomic mass is 9.94. The van der Waals surface area contributed by atoms with Crippen LogP contribution in [0.1, 0.15) is 73.7 Å². The van der Waals surface area contributed by atoms with E-state index in [4.69, 9.17) is 9.47 Å². The number of hydrogen-bond acceptors (Lipinski definition) is 8. The molecule has 1 N–H and O–H groups in total. The number of amides is 3. The first-order valence-corrected chi connectivity index (χ1v) is 15.4. The number of nitrogens with one attached hydrogen (secondary N) is 1. The number of ether oxygens (including phenoxy) is 2. The molecule has 0 aliphatic carbocycles. The second-order valence-corrected chi connectivity index (χ2v) is 13.5. The third-order valence-electron chi connectivity index (χ3n) is 8.28. The highest BCUT2D eigenvalue weighted by Crippen LogP contribution is 2.37. The highest BCUT2D eigenvalue weighted by Gasteiger charge is 2.48. The molecule has 5 heterocycles. The van der Waals surface area contributed by atoms with E-state index in [0.29, 0.717) is 60.7 Å². The van der Waals surface area contributed by atoms with Gasteiger partial charge in [-0.25, -0.2) is 18.7 Å². The van der Waals surface area contributed by atoms with Crippen molar-refractivity contribution in [3.8, 4) is 5.75 Å². The average molecular weight is 622 g/mol. The Bertz CT molecular complexity index is 1620. The van der Waals surface area contributed by atoms with Gasteiger partial charge >= 0.3 is 6.09 Å². The first-order chi connectivity index (χ1) is 21.3. The van der Waals surface area contributed by atoms with Gasteiger partial charge in [-0.3, -0.25) is 14.5 Å². The number of halogens is 1. The first-order valence-electron chi connectivity index (χ1n) is 15.4. The maximum absolute atomic E-state index is 15.4. The van der Waals surface area contributed by atoms with Crippen LogP contribution in [-0.2, 0) is 11.3 Å². The standard InChI is InChI=1S/C32H40FN7O5/c1-20(2)44-26-14-23-21(13-25(26)36-28(41)24-15-35-40-10-6-9-34-27(24)40)16-39(29(23)42)22-7-11-37(12-8-22)17-32(33)18-38(19-32)30(43)45-31(3,4)5/h6,9-10,13-15,20,22H,7-8,11-12,16-19H2,1-5H3,(H,36,41). The Labute approximate surface area is 261 Å². The molecular weight excluding hydrogens is 581 g/mol. The van der Waals surface area contributed by atoms with Gasteiger partial charge in [-0.05, 0) is 71.2 Å². The molecule has 13 heteroatoms. The Morgan fingerprint density at radius 2 is 1.91 bits per heavy atom. The van der Waals surface area contributed by atoms with Gasteiger partial charge < -0.3 is 24.6 Å². The predicted molar refractivity (Wildman–Crippen MR) is 164 cm³/mol. The van der Waals surface area contributed by atoms with Crippen LogP contribution in [0.15, 0.2) is 36.8 Å². The van der Waals surface area contributed by atoms with E-state index in [1.165, 1.54) is 15.6 Å². The number of fused-ring (bicyclic) bond motifs is 2. The summed E-state index contributed by atoms with van der Waals surface area (Å²) in [4.78, 5) is 48.7. The molecule has 2 aromatic heterocycles. The number of piperidine rings is 1. The van der Waals surface area contributed by atoms with Crippen molar-refractivity contribution in [1.82, 2.24) is 29.3 Å². The second-order valence-electron chi connectivity index (χ2n) is 13.5. The molecule has 240 valence electrons. The average Bonchev–Trinajstić information content (AvgIpc) is 3.52. The molecule has 0 spiro atoms. The van der Waals surface area contributed by atoms with Crippen LogP contribution in [0.3, 0.4) is 0 Å². The van der Waals surface area contributed by atoms with Gasteiger partial charge in [-0.2, -0.15) is 5.10 Å². The zero-order valence-corrected chi connectivity index (χ0v) is 26.4. The van der Waals surface area contributed by atoms with Crippen molar-refractivity contribution in [1.29, 1.82) is 0 Å². The quantitative estimate of drug-likeness (QED) is 0.418. The molecule has 3 aliphatic rings. The van der Waals surface area contributed by atoms with Crippen molar-refractivity contribution in [3.63, 3.8) is 0 Å². The Balaban J connectivity index is 1.09. The van der Waals surface area contributed by atoms with Crippen molar-refractivity contribution in [2.45, 2.75) is 77.4 Å². The van der Waals surface area contributed by atoms with Crippen molar-refractivity contribution < 1.29 is 28.2 Å². The fourth-order valence-electron chi connectivity index (χ4n) is 6.27. The van der Waals surface area contributed by atoms with E-state index in [9.17, 15) is 14.4 Å². The second kappa shape index (κ2) is 11.6. The monoisotopic (exact) mass is 621 g/mol. The maximum Gasteiger partial charge on any atom is 0.410 e. The van der Waals surface area contributed by atoms with Crippen molar-refractivity contribution in [2.75, 3.05) is 38.0 Å². The van der Waals surface area contributed by atoms with E-state index in [0.717, 1.165) is 5.56 Å². The van der Waals surface area contributed by atoms with E-state index in [1.807, 2.05) is 24.8 Å². The summed E-state index contributed by atoms with van der Waals surface area (Å²) < 4.78 is 28.3. The van der Waals surface area contributed by atoms with Gasteiger partial charge in [0.2, 0.25) is 0 Å². The van der Waals surface area contributed by atoms with Crippen LogP contribution >= 0.6 is 0 Å². The zero-order chi connectivity index (χ0) is 32.1. The molecule has 0 unspecified atom stereocenters. The number of carbonyl (C=O) groups excluding carboxylic acids is 3. The van der Waals surface area contributed by atoms with Crippen LogP contribution in [0.4, 0.5) is 14.9 Å². The molecule has 2 fully saturated rings. The molecule has 45 heavy (non-hydrogen) atoms. The molecule has 2 saturated heterocycles. The van der Waals surface area contributed by atoms with Gasteiger partial charge in [0.1, 0.15) is 16.9 Å². The summed E-state index contributed by atoms with van der Waals surface area (Å²) in [6, 6.07) is 5.28. The summed E-state index contributed by atoms with van der Waals surface area (Å²) in [6.07, 6.45) is 5.55. The molecule has 3 amide bonds. The molecule has 1 aromatic carbocycles. The van der Waals surface area contributed by atoms with Crippen LogP contribution in [0.5, 0.6) is 5.75 Å². The van der Waals surface area contributed by atoms with Gasteiger partial charge in [-0.15, -0.1) is 0 Å². The van der Waals surface area contributed by atoms with Gasteiger partial charge in [-0.1, -0.05) is 0 Å². The molecule has 0 saturated carbocycles. The summed E-state index contributed by atoms with van der Waals surface area (Å²) >= 11 is 0. The fourth-order valence-corrected chi connectivity index (χ4v) is 6.27. The Morgan fingerprint density at radius 3 is 2.60 bits per heavy atom. The molecular formula is C32H40FN7O5. The van der Waals surface area contributed by atoms with Crippen LogP contribution in [0.2, 0.25) is 0 Å². The van der Waals surface area contributed by atoms with Crippen molar-refractivity contribution in [3.05, 3.63) is 53.5 Å². The minimum atomic E-state index is -1.46. The number of likely N-dealkylation sites (tertiary alicyclic amines) is 2. The molecule has 0 bridgehead atoms. The molecule has 0 atom stereocenters. The summed E-state index contributed by atoms with van der Waals surface area (Å²) in [7, 11) is 0. The Hall–Kier alpha value is -4.26. The number of hydrogen-bond donors (Lipinski definition) is 1. The topological polar surface area (TPSA) is 122 Å². The van der Waals surface area contributed by atoms with Gasteiger partial charge in [0.25, 0.3) is 11.8 Å². The van der Waals surface area contributed by atoms with Gasteiger partial charge in [0.05, 0.1) is 31.1 Å².